The van der Waals surface area contributed by atoms with Crippen LogP contribution in [0.2, 0.25) is 5.02 Å². The summed E-state index contributed by atoms with van der Waals surface area (Å²) in [5.41, 5.74) is 0.706. The van der Waals surface area contributed by atoms with Gasteiger partial charge in [0.15, 0.2) is 0 Å². The van der Waals surface area contributed by atoms with Crippen molar-refractivity contribution in [2.24, 2.45) is 0 Å². The maximum atomic E-state index is 12.9. The Kier molecular flexibility index (Phi) is 5.34. The molecule has 0 aliphatic carbocycles. The monoisotopic (exact) mass is 461 g/mol. The van der Waals surface area contributed by atoms with Crippen molar-refractivity contribution in [3.05, 3.63) is 62.4 Å². The molecule has 0 saturated heterocycles. The van der Waals surface area contributed by atoms with Gasteiger partial charge in [-0.15, -0.1) is 0 Å². The summed E-state index contributed by atoms with van der Waals surface area (Å²) in [6.45, 7) is -2.01. The van der Waals surface area contributed by atoms with E-state index in [2.05, 4.69) is 15.9 Å². The van der Waals surface area contributed by atoms with E-state index in [0.29, 0.717) is 21.7 Å². The van der Waals surface area contributed by atoms with Crippen molar-refractivity contribution in [1.82, 2.24) is 14.5 Å². The fourth-order valence-corrected chi connectivity index (χ4v) is 3.41. The third-order valence-electron chi connectivity index (χ3n) is 3.77. The molecule has 3 aromatic rings. The topological polar surface area (TPSA) is 56.0 Å². The van der Waals surface area contributed by atoms with Gasteiger partial charge >= 0.3 is 11.9 Å². The highest BCUT2D eigenvalue weighted by atomic mass is 79.9. The number of alkyl halides is 3. The van der Waals surface area contributed by atoms with Crippen molar-refractivity contribution >= 4 is 44.5 Å². The molecule has 1 aromatic heterocycles. The number of hydrogen-bond donors (Lipinski definition) is 1. The van der Waals surface area contributed by atoms with Gasteiger partial charge in [-0.25, -0.2) is 4.79 Å². The molecule has 0 bridgehead atoms. The number of carbonyl (C=O) groups is 1. The van der Waals surface area contributed by atoms with Gasteiger partial charge in [0.2, 0.25) is 5.91 Å². The van der Waals surface area contributed by atoms with E-state index in [-0.39, 0.29) is 0 Å². The predicted molar refractivity (Wildman–Crippen MR) is 99.3 cm³/mol. The number of imidazole rings is 1. The van der Waals surface area contributed by atoms with E-state index >= 15 is 0 Å². The minimum atomic E-state index is -4.53. The molecular formula is C17H12BrClF3N3O2. The molecule has 27 heavy (non-hydrogen) atoms. The molecule has 1 N–H and O–H groups in total. The van der Waals surface area contributed by atoms with Crippen LogP contribution in [0.1, 0.15) is 0 Å². The molecule has 0 unspecified atom stereocenters. The van der Waals surface area contributed by atoms with E-state index in [1.54, 1.807) is 47.8 Å². The standard InChI is InChI=1S/C17H12BrClF3N3O2/c18-10-5-6-12(11(19)7-10)25-14-4-2-1-3-13(14)24(16(25)27)8-15(26)23-9-17(20,21)22/h1-7H,8-9H2,(H,23,26). The van der Waals surface area contributed by atoms with E-state index in [9.17, 15) is 22.8 Å². The van der Waals surface area contributed by atoms with Gasteiger partial charge in [-0.1, -0.05) is 39.7 Å². The van der Waals surface area contributed by atoms with Crippen LogP contribution in [0.4, 0.5) is 13.2 Å². The van der Waals surface area contributed by atoms with Crippen LogP contribution in [0.3, 0.4) is 0 Å². The number of para-hydroxylation sites is 2. The van der Waals surface area contributed by atoms with E-state index < -0.39 is 30.9 Å². The first kappa shape index (κ1) is 19.5. The second kappa shape index (κ2) is 7.40. The van der Waals surface area contributed by atoms with Crippen LogP contribution < -0.4 is 11.0 Å². The molecule has 0 atom stereocenters. The van der Waals surface area contributed by atoms with E-state index in [0.717, 1.165) is 9.04 Å². The van der Waals surface area contributed by atoms with Gasteiger partial charge in [-0.2, -0.15) is 13.2 Å². The van der Waals surface area contributed by atoms with Crippen molar-refractivity contribution in [2.45, 2.75) is 12.7 Å². The molecule has 3 rings (SSSR count). The van der Waals surface area contributed by atoms with Gasteiger partial charge in [-0.3, -0.25) is 13.9 Å². The minimum absolute atomic E-state index is 0.302. The Morgan fingerprint density at radius 1 is 1.15 bits per heavy atom. The lowest BCUT2D eigenvalue weighted by molar-refractivity contribution is -0.138. The lowest BCUT2D eigenvalue weighted by Crippen LogP contribution is -2.37. The average Bonchev–Trinajstić information content (AvgIpc) is 2.85. The van der Waals surface area contributed by atoms with Crippen LogP contribution in [0, 0.1) is 0 Å². The van der Waals surface area contributed by atoms with E-state index in [4.69, 9.17) is 11.6 Å². The summed E-state index contributed by atoms with van der Waals surface area (Å²) in [7, 11) is 0. The van der Waals surface area contributed by atoms with Crippen LogP contribution in [-0.2, 0) is 11.3 Å². The van der Waals surface area contributed by atoms with E-state index in [1.807, 2.05) is 0 Å². The second-order valence-electron chi connectivity index (χ2n) is 5.68. The molecule has 142 valence electrons. The molecule has 0 aliphatic rings. The first-order chi connectivity index (χ1) is 12.7. The molecule has 1 amide bonds. The van der Waals surface area contributed by atoms with Gasteiger partial charge in [-0.05, 0) is 30.3 Å². The quantitative estimate of drug-likeness (QED) is 0.640. The van der Waals surface area contributed by atoms with Crippen molar-refractivity contribution in [1.29, 1.82) is 0 Å². The molecule has 10 heteroatoms. The molecule has 0 radical (unpaired) electrons. The Morgan fingerprint density at radius 3 is 2.44 bits per heavy atom. The third kappa shape index (κ3) is 4.19. The fraction of sp³-hybridized carbons (Fsp3) is 0.176. The Hall–Kier alpha value is -2.26. The first-order valence-corrected chi connectivity index (χ1v) is 8.83. The predicted octanol–water partition coefficient (Wildman–Crippen LogP) is 3.89. The normalized spacial score (nSPS) is 11.7. The number of fused-ring (bicyclic) bond motifs is 1. The van der Waals surface area contributed by atoms with Crippen molar-refractivity contribution < 1.29 is 18.0 Å². The number of benzene rings is 2. The Bertz CT molecular complexity index is 1080. The molecule has 0 fully saturated rings. The molecule has 0 aliphatic heterocycles. The third-order valence-corrected chi connectivity index (χ3v) is 4.57. The number of nitrogens with zero attached hydrogens (tertiary/aromatic N) is 2. The smallest absolute Gasteiger partial charge is 0.345 e. The molecular weight excluding hydrogens is 451 g/mol. The second-order valence-corrected chi connectivity index (χ2v) is 7.00. The lowest BCUT2D eigenvalue weighted by atomic mass is 10.3. The summed E-state index contributed by atoms with van der Waals surface area (Å²) in [6.07, 6.45) is -4.53. The van der Waals surface area contributed by atoms with Gasteiger partial charge in [0.25, 0.3) is 0 Å². The number of nitrogens with one attached hydrogen (secondary N) is 1. The number of halogens is 5. The maximum Gasteiger partial charge on any atom is 0.405 e. The van der Waals surface area contributed by atoms with Gasteiger partial charge in [0.05, 0.1) is 21.7 Å². The van der Waals surface area contributed by atoms with Crippen LogP contribution in [-0.4, -0.2) is 27.8 Å². The fourth-order valence-electron chi connectivity index (χ4n) is 2.65. The Labute approximate surface area is 164 Å². The van der Waals surface area contributed by atoms with Crippen LogP contribution in [0.25, 0.3) is 16.7 Å². The summed E-state index contributed by atoms with van der Waals surface area (Å²) in [5, 5.41) is 2.07. The maximum absolute atomic E-state index is 12.9. The Balaban J connectivity index is 2.06. The molecule has 0 saturated carbocycles. The van der Waals surface area contributed by atoms with Gasteiger partial charge in [0, 0.05) is 4.47 Å². The van der Waals surface area contributed by atoms with Crippen molar-refractivity contribution in [2.75, 3.05) is 6.54 Å². The molecule has 2 aromatic carbocycles. The van der Waals surface area contributed by atoms with Crippen molar-refractivity contribution in [3.63, 3.8) is 0 Å². The number of carbonyl (C=O) groups excluding carboxylic acids is 1. The number of amides is 1. The minimum Gasteiger partial charge on any atom is -0.345 e. The van der Waals surface area contributed by atoms with Gasteiger partial charge < -0.3 is 5.32 Å². The number of hydrogen-bond acceptors (Lipinski definition) is 2. The van der Waals surface area contributed by atoms with Crippen LogP contribution in [0.5, 0.6) is 0 Å². The summed E-state index contributed by atoms with van der Waals surface area (Å²) in [5.74, 6) is -0.917. The van der Waals surface area contributed by atoms with Gasteiger partial charge in [0.1, 0.15) is 13.1 Å². The molecule has 0 spiro atoms. The number of aromatic nitrogens is 2. The average molecular weight is 463 g/mol. The summed E-state index contributed by atoms with van der Waals surface area (Å²) < 4.78 is 40.0. The summed E-state index contributed by atoms with van der Waals surface area (Å²) in [4.78, 5) is 24.8. The highest BCUT2D eigenvalue weighted by Gasteiger charge is 2.28. The highest BCUT2D eigenvalue weighted by molar-refractivity contribution is 9.10. The zero-order valence-corrected chi connectivity index (χ0v) is 15.9. The SMILES string of the molecule is O=C(Cn1c(=O)n(-c2ccc(Br)cc2Cl)c2ccccc21)NCC(F)(F)F. The van der Waals surface area contributed by atoms with E-state index in [1.165, 1.54) is 4.57 Å². The Morgan fingerprint density at radius 2 is 1.81 bits per heavy atom. The molecule has 5 nitrogen and oxygen atoms in total. The summed E-state index contributed by atoms with van der Waals surface area (Å²) >= 11 is 9.53. The zero-order chi connectivity index (χ0) is 19.8. The largest absolute Gasteiger partial charge is 0.405 e. The van der Waals surface area contributed by atoms with Crippen molar-refractivity contribution in [3.8, 4) is 5.69 Å². The summed E-state index contributed by atoms with van der Waals surface area (Å²) in [6, 6.07) is 11.6. The number of rotatable bonds is 4. The first-order valence-electron chi connectivity index (χ1n) is 7.66. The zero-order valence-electron chi connectivity index (χ0n) is 13.6. The van der Waals surface area contributed by atoms with Crippen LogP contribution >= 0.6 is 27.5 Å². The highest BCUT2D eigenvalue weighted by Crippen LogP contribution is 2.26. The van der Waals surface area contributed by atoms with Crippen LogP contribution in [0.15, 0.2) is 51.7 Å². The lowest BCUT2D eigenvalue weighted by Gasteiger charge is -2.08. The molecule has 1 heterocycles.